The normalized spacial score (nSPS) is 22.1. The second-order valence-corrected chi connectivity index (χ2v) is 4.75. The molecule has 1 amide bonds. The van der Waals surface area contributed by atoms with Crippen LogP contribution in [0.15, 0.2) is 0 Å². The van der Waals surface area contributed by atoms with Crippen LogP contribution in [0, 0.1) is 17.2 Å². The number of hydrogen-bond donors (Lipinski definition) is 1. The topological polar surface area (TPSA) is 67.6 Å². The number of rotatable bonds is 5. The van der Waals surface area contributed by atoms with Gasteiger partial charge in [-0.1, -0.05) is 0 Å². The number of carbonyl (C=O) groups is 1. The van der Waals surface area contributed by atoms with Crippen LogP contribution in [0.4, 0.5) is 0 Å². The molecule has 0 aromatic heterocycles. The van der Waals surface area contributed by atoms with Gasteiger partial charge in [0.2, 0.25) is 5.91 Å². The molecule has 0 radical (unpaired) electrons. The minimum Gasteiger partial charge on any atom is -0.393 e. The molecule has 0 aromatic carbocycles. The van der Waals surface area contributed by atoms with Crippen LogP contribution in [0.2, 0.25) is 0 Å². The van der Waals surface area contributed by atoms with Gasteiger partial charge in [0.1, 0.15) is 0 Å². The Morgan fingerprint density at radius 3 is 2.94 bits per heavy atom. The maximum absolute atomic E-state index is 11.8. The summed E-state index contributed by atoms with van der Waals surface area (Å²) in [4.78, 5) is 15.5. The van der Waals surface area contributed by atoms with Crippen LogP contribution in [0.5, 0.6) is 0 Å². The summed E-state index contributed by atoms with van der Waals surface area (Å²) in [6.07, 6.45) is 1.03. The van der Waals surface area contributed by atoms with Crippen LogP contribution in [-0.4, -0.2) is 60.1 Å². The van der Waals surface area contributed by atoms with E-state index < -0.39 is 0 Å². The third-order valence-corrected chi connectivity index (χ3v) is 3.33. The SMILES string of the molecule is CC(O)C1CCN(CC(=O)N(C)CCC#N)C1. The second kappa shape index (κ2) is 6.58. The molecule has 1 rings (SSSR count). The largest absolute Gasteiger partial charge is 0.393 e. The van der Waals surface area contributed by atoms with Crippen molar-refractivity contribution in [1.82, 2.24) is 9.80 Å². The van der Waals surface area contributed by atoms with Crippen molar-refractivity contribution in [3.05, 3.63) is 0 Å². The number of likely N-dealkylation sites (N-methyl/N-ethyl adjacent to an activating group) is 1. The van der Waals surface area contributed by atoms with E-state index in [0.29, 0.717) is 19.5 Å². The molecule has 0 bridgehead atoms. The molecule has 1 aliphatic heterocycles. The Balaban J connectivity index is 2.30. The summed E-state index contributed by atoms with van der Waals surface area (Å²) in [6, 6.07) is 2.03. The zero-order valence-electron chi connectivity index (χ0n) is 10.6. The van der Waals surface area contributed by atoms with Crippen LogP contribution < -0.4 is 0 Å². The molecule has 2 unspecified atom stereocenters. The number of aliphatic hydroxyl groups is 1. The Bertz CT molecular complexity index is 299. The van der Waals surface area contributed by atoms with Gasteiger partial charge in [0.05, 0.1) is 25.1 Å². The number of carbonyl (C=O) groups excluding carboxylic acids is 1. The summed E-state index contributed by atoms with van der Waals surface area (Å²) in [5, 5.41) is 17.9. The van der Waals surface area contributed by atoms with Crippen LogP contribution >= 0.6 is 0 Å². The van der Waals surface area contributed by atoms with Gasteiger partial charge in [0, 0.05) is 20.1 Å². The van der Waals surface area contributed by atoms with E-state index in [4.69, 9.17) is 5.26 Å². The maximum Gasteiger partial charge on any atom is 0.236 e. The first kappa shape index (κ1) is 13.9. The number of nitriles is 1. The Labute approximate surface area is 103 Å². The van der Waals surface area contributed by atoms with E-state index in [1.54, 1.807) is 18.9 Å². The molecule has 1 aliphatic rings. The van der Waals surface area contributed by atoms with E-state index in [0.717, 1.165) is 19.5 Å². The minimum atomic E-state index is -0.300. The average Bonchev–Trinajstić information content (AvgIpc) is 2.74. The molecule has 2 atom stereocenters. The predicted molar refractivity (Wildman–Crippen MR) is 64.1 cm³/mol. The molecule has 5 heteroatoms. The number of likely N-dealkylation sites (tertiary alicyclic amines) is 1. The fraction of sp³-hybridized carbons (Fsp3) is 0.833. The fourth-order valence-electron chi connectivity index (χ4n) is 2.05. The van der Waals surface area contributed by atoms with Gasteiger partial charge in [-0.25, -0.2) is 0 Å². The minimum absolute atomic E-state index is 0.0477. The molecule has 0 spiro atoms. The molecule has 1 heterocycles. The van der Waals surface area contributed by atoms with Gasteiger partial charge in [0.15, 0.2) is 0 Å². The highest BCUT2D eigenvalue weighted by molar-refractivity contribution is 5.78. The van der Waals surface area contributed by atoms with E-state index in [1.165, 1.54) is 0 Å². The third-order valence-electron chi connectivity index (χ3n) is 3.33. The summed E-state index contributed by atoms with van der Waals surface area (Å²) >= 11 is 0. The van der Waals surface area contributed by atoms with Crippen molar-refractivity contribution in [2.45, 2.75) is 25.9 Å². The standard InChI is InChI=1S/C12H21N3O2/c1-10(16)11-4-7-15(8-11)9-12(17)14(2)6-3-5-13/h10-11,16H,3-4,6-9H2,1-2H3. The van der Waals surface area contributed by atoms with E-state index >= 15 is 0 Å². The second-order valence-electron chi connectivity index (χ2n) is 4.75. The number of amides is 1. The lowest BCUT2D eigenvalue weighted by Crippen LogP contribution is -2.38. The van der Waals surface area contributed by atoms with E-state index in [-0.39, 0.29) is 17.9 Å². The van der Waals surface area contributed by atoms with Crippen molar-refractivity contribution in [2.24, 2.45) is 5.92 Å². The predicted octanol–water partition coefficient (Wildman–Crippen LogP) is 0.0612. The summed E-state index contributed by atoms with van der Waals surface area (Å²) in [5.74, 6) is 0.332. The Morgan fingerprint density at radius 1 is 1.71 bits per heavy atom. The Kier molecular flexibility index (Phi) is 5.39. The van der Waals surface area contributed by atoms with Crippen molar-refractivity contribution in [2.75, 3.05) is 33.2 Å². The van der Waals surface area contributed by atoms with E-state index in [1.807, 2.05) is 6.07 Å². The summed E-state index contributed by atoms with van der Waals surface area (Å²) in [6.45, 7) is 4.34. The quantitative estimate of drug-likeness (QED) is 0.736. The third kappa shape index (κ3) is 4.33. The van der Waals surface area contributed by atoms with Crippen molar-refractivity contribution in [3.8, 4) is 6.07 Å². The number of hydrogen-bond acceptors (Lipinski definition) is 4. The van der Waals surface area contributed by atoms with Gasteiger partial charge in [0.25, 0.3) is 0 Å². The van der Waals surface area contributed by atoms with E-state index in [2.05, 4.69) is 4.90 Å². The Morgan fingerprint density at radius 2 is 2.41 bits per heavy atom. The molecular weight excluding hydrogens is 218 g/mol. The van der Waals surface area contributed by atoms with E-state index in [9.17, 15) is 9.90 Å². The zero-order chi connectivity index (χ0) is 12.8. The average molecular weight is 239 g/mol. The lowest BCUT2D eigenvalue weighted by atomic mass is 10.0. The monoisotopic (exact) mass is 239 g/mol. The van der Waals surface area contributed by atoms with Gasteiger partial charge in [-0.2, -0.15) is 5.26 Å². The lowest BCUT2D eigenvalue weighted by molar-refractivity contribution is -0.130. The summed E-state index contributed by atoms with van der Waals surface area (Å²) in [5.41, 5.74) is 0. The molecule has 5 nitrogen and oxygen atoms in total. The van der Waals surface area contributed by atoms with Crippen LogP contribution in [-0.2, 0) is 4.79 Å². The number of nitrogens with zero attached hydrogens (tertiary/aromatic N) is 3. The molecule has 96 valence electrons. The van der Waals surface area contributed by atoms with Crippen molar-refractivity contribution in [3.63, 3.8) is 0 Å². The van der Waals surface area contributed by atoms with Crippen molar-refractivity contribution in [1.29, 1.82) is 5.26 Å². The Hall–Kier alpha value is -1.12. The number of aliphatic hydroxyl groups excluding tert-OH is 1. The molecule has 17 heavy (non-hydrogen) atoms. The first-order chi connectivity index (χ1) is 8.04. The van der Waals surface area contributed by atoms with Gasteiger partial charge < -0.3 is 10.0 Å². The summed E-state index contributed by atoms with van der Waals surface area (Å²) < 4.78 is 0. The van der Waals surface area contributed by atoms with Crippen LogP contribution in [0.25, 0.3) is 0 Å². The first-order valence-corrected chi connectivity index (χ1v) is 6.06. The molecular formula is C12H21N3O2. The molecule has 1 N–H and O–H groups in total. The molecule has 0 aromatic rings. The van der Waals surface area contributed by atoms with Crippen LogP contribution in [0.3, 0.4) is 0 Å². The van der Waals surface area contributed by atoms with Gasteiger partial charge >= 0.3 is 0 Å². The highest BCUT2D eigenvalue weighted by Gasteiger charge is 2.27. The molecule has 0 aliphatic carbocycles. The smallest absolute Gasteiger partial charge is 0.236 e. The molecule has 1 fully saturated rings. The highest BCUT2D eigenvalue weighted by Crippen LogP contribution is 2.19. The van der Waals surface area contributed by atoms with Crippen molar-refractivity contribution >= 4 is 5.91 Å². The van der Waals surface area contributed by atoms with Gasteiger partial charge in [-0.05, 0) is 25.8 Å². The first-order valence-electron chi connectivity index (χ1n) is 6.06. The molecule has 1 saturated heterocycles. The van der Waals surface area contributed by atoms with Gasteiger partial charge in [-0.3, -0.25) is 9.69 Å². The summed E-state index contributed by atoms with van der Waals surface area (Å²) in [7, 11) is 1.72. The van der Waals surface area contributed by atoms with Gasteiger partial charge in [-0.15, -0.1) is 0 Å². The fourth-order valence-corrected chi connectivity index (χ4v) is 2.05. The maximum atomic E-state index is 11.8. The molecule has 0 saturated carbocycles. The lowest BCUT2D eigenvalue weighted by Gasteiger charge is -2.21. The van der Waals surface area contributed by atoms with Crippen molar-refractivity contribution < 1.29 is 9.90 Å². The highest BCUT2D eigenvalue weighted by atomic mass is 16.3. The van der Waals surface area contributed by atoms with Crippen LogP contribution in [0.1, 0.15) is 19.8 Å². The zero-order valence-corrected chi connectivity index (χ0v) is 10.6.